The van der Waals surface area contributed by atoms with E-state index in [0.717, 1.165) is 11.3 Å². The predicted octanol–water partition coefficient (Wildman–Crippen LogP) is 1.39. The van der Waals surface area contributed by atoms with Gasteiger partial charge in [-0.25, -0.2) is 0 Å². The Kier molecular flexibility index (Phi) is 2.65. The first-order valence-corrected chi connectivity index (χ1v) is 4.10. The third-order valence-corrected chi connectivity index (χ3v) is 1.87. The molecular weight excluding hydrogens is 168 g/mol. The normalized spacial score (nSPS) is 9.50. The van der Waals surface area contributed by atoms with E-state index in [4.69, 9.17) is 18.0 Å². The third-order valence-electron chi connectivity index (χ3n) is 1.65. The fourth-order valence-electron chi connectivity index (χ4n) is 1.07. The van der Waals surface area contributed by atoms with Gasteiger partial charge in [0, 0.05) is 25.3 Å². The van der Waals surface area contributed by atoms with Crippen molar-refractivity contribution in [2.75, 3.05) is 19.0 Å². The maximum atomic E-state index is 5.56. The fourth-order valence-corrected chi connectivity index (χ4v) is 1.24. The second-order valence-corrected chi connectivity index (χ2v) is 3.22. The van der Waals surface area contributed by atoms with Gasteiger partial charge >= 0.3 is 0 Å². The Bertz CT molecular complexity index is 294. The molecule has 2 nitrogen and oxygen atoms in total. The van der Waals surface area contributed by atoms with Gasteiger partial charge in [-0.3, -0.25) is 0 Å². The minimum atomic E-state index is 0.444. The number of para-hydroxylation sites is 1. The van der Waals surface area contributed by atoms with Gasteiger partial charge in [0.15, 0.2) is 0 Å². The number of hydrogen-bond donors (Lipinski definition) is 1. The van der Waals surface area contributed by atoms with Crippen LogP contribution in [0.15, 0.2) is 24.3 Å². The van der Waals surface area contributed by atoms with Crippen LogP contribution in [0, 0.1) is 0 Å². The fraction of sp³-hybridized carbons (Fsp3) is 0.222. The number of nitrogens with zero attached hydrogens (tertiary/aromatic N) is 1. The molecule has 0 saturated carbocycles. The van der Waals surface area contributed by atoms with Crippen LogP contribution in [0.3, 0.4) is 0 Å². The van der Waals surface area contributed by atoms with Crippen LogP contribution in [0.25, 0.3) is 0 Å². The van der Waals surface area contributed by atoms with Crippen molar-refractivity contribution in [2.24, 2.45) is 5.73 Å². The molecule has 2 N–H and O–H groups in total. The van der Waals surface area contributed by atoms with Crippen LogP contribution in [0.2, 0.25) is 0 Å². The van der Waals surface area contributed by atoms with E-state index in [9.17, 15) is 0 Å². The SMILES string of the molecule is CN(C)c1ccccc1C(N)=S. The molecule has 1 rings (SSSR count). The zero-order valence-electron chi connectivity index (χ0n) is 7.24. The highest BCUT2D eigenvalue weighted by atomic mass is 32.1. The van der Waals surface area contributed by atoms with Gasteiger partial charge in [-0.15, -0.1) is 0 Å². The molecule has 12 heavy (non-hydrogen) atoms. The first-order valence-electron chi connectivity index (χ1n) is 3.69. The van der Waals surface area contributed by atoms with Crippen molar-refractivity contribution in [1.82, 2.24) is 0 Å². The molecule has 64 valence electrons. The molecule has 0 aliphatic heterocycles. The highest BCUT2D eigenvalue weighted by molar-refractivity contribution is 7.80. The van der Waals surface area contributed by atoms with Gasteiger partial charge < -0.3 is 10.6 Å². The van der Waals surface area contributed by atoms with E-state index >= 15 is 0 Å². The molecule has 0 aliphatic carbocycles. The van der Waals surface area contributed by atoms with E-state index < -0.39 is 0 Å². The highest BCUT2D eigenvalue weighted by Gasteiger charge is 2.04. The van der Waals surface area contributed by atoms with E-state index in [0.29, 0.717) is 4.99 Å². The average molecular weight is 180 g/mol. The first kappa shape index (κ1) is 9.00. The zero-order valence-corrected chi connectivity index (χ0v) is 8.06. The van der Waals surface area contributed by atoms with Crippen LogP contribution in [-0.2, 0) is 0 Å². The summed E-state index contributed by atoms with van der Waals surface area (Å²) < 4.78 is 0. The van der Waals surface area contributed by atoms with Gasteiger partial charge in [0.2, 0.25) is 0 Å². The summed E-state index contributed by atoms with van der Waals surface area (Å²) in [7, 11) is 3.94. The van der Waals surface area contributed by atoms with Gasteiger partial charge in [0.25, 0.3) is 0 Å². The van der Waals surface area contributed by atoms with Crippen LogP contribution in [0.4, 0.5) is 5.69 Å². The van der Waals surface area contributed by atoms with Crippen molar-refractivity contribution in [3.8, 4) is 0 Å². The summed E-state index contributed by atoms with van der Waals surface area (Å²) in [4.78, 5) is 2.44. The van der Waals surface area contributed by atoms with E-state index in [2.05, 4.69) is 0 Å². The Labute approximate surface area is 78.0 Å². The van der Waals surface area contributed by atoms with Crippen molar-refractivity contribution in [3.63, 3.8) is 0 Å². The lowest BCUT2D eigenvalue weighted by molar-refractivity contribution is 1.13. The average Bonchev–Trinajstić information content (AvgIpc) is 2.04. The Balaban J connectivity index is 3.17. The minimum Gasteiger partial charge on any atom is -0.389 e. The van der Waals surface area contributed by atoms with E-state index in [-0.39, 0.29) is 0 Å². The van der Waals surface area contributed by atoms with Crippen molar-refractivity contribution >= 4 is 22.9 Å². The van der Waals surface area contributed by atoms with Crippen molar-refractivity contribution < 1.29 is 0 Å². The Hall–Kier alpha value is -1.09. The van der Waals surface area contributed by atoms with Crippen LogP contribution >= 0.6 is 12.2 Å². The van der Waals surface area contributed by atoms with E-state index in [1.165, 1.54) is 0 Å². The molecule has 0 unspecified atom stereocenters. The number of benzene rings is 1. The maximum absolute atomic E-state index is 5.56. The van der Waals surface area contributed by atoms with Crippen LogP contribution < -0.4 is 10.6 Å². The molecule has 1 aromatic carbocycles. The second kappa shape index (κ2) is 3.54. The Morgan fingerprint density at radius 1 is 1.33 bits per heavy atom. The molecule has 3 heteroatoms. The lowest BCUT2D eigenvalue weighted by Gasteiger charge is -2.16. The molecule has 1 aromatic rings. The van der Waals surface area contributed by atoms with E-state index in [1.807, 2.05) is 43.3 Å². The summed E-state index contributed by atoms with van der Waals surface area (Å²) in [5, 5.41) is 0. The molecule has 0 atom stereocenters. The topological polar surface area (TPSA) is 29.3 Å². The van der Waals surface area contributed by atoms with Crippen LogP contribution in [-0.4, -0.2) is 19.1 Å². The molecule has 0 saturated heterocycles. The lowest BCUT2D eigenvalue weighted by atomic mass is 10.1. The summed E-state index contributed by atoms with van der Waals surface area (Å²) >= 11 is 4.92. The van der Waals surface area contributed by atoms with Gasteiger partial charge in [0.05, 0.1) is 0 Å². The summed E-state index contributed by atoms with van der Waals surface area (Å²) in [6.45, 7) is 0. The Morgan fingerprint density at radius 3 is 2.33 bits per heavy atom. The number of anilines is 1. The molecule has 0 spiro atoms. The summed E-state index contributed by atoms with van der Waals surface area (Å²) in [6, 6.07) is 7.82. The van der Waals surface area contributed by atoms with Gasteiger partial charge in [-0.1, -0.05) is 24.4 Å². The largest absolute Gasteiger partial charge is 0.389 e. The monoisotopic (exact) mass is 180 g/mol. The summed E-state index contributed by atoms with van der Waals surface area (Å²) in [6.07, 6.45) is 0. The lowest BCUT2D eigenvalue weighted by Crippen LogP contribution is -2.17. The van der Waals surface area contributed by atoms with Crippen molar-refractivity contribution in [2.45, 2.75) is 0 Å². The molecule has 0 amide bonds. The minimum absolute atomic E-state index is 0.444. The van der Waals surface area contributed by atoms with Crippen molar-refractivity contribution in [3.05, 3.63) is 29.8 Å². The number of rotatable bonds is 2. The predicted molar refractivity (Wildman–Crippen MR) is 56.7 cm³/mol. The van der Waals surface area contributed by atoms with Gasteiger partial charge in [0.1, 0.15) is 4.99 Å². The Morgan fingerprint density at radius 2 is 1.92 bits per heavy atom. The molecule has 0 bridgehead atoms. The highest BCUT2D eigenvalue weighted by Crippen LogP contribution is 2.16. The third kappa shape index (κ3) is 1.74. The molecular formula is C9H12N2S. The quantitative estimate of drug-likeness (QED) is 0.697. The number of nitrogens with two attached hydrogens (primary N) is 1. The molecule has 0 fully saturated rings. The molecule has 0 radical (unpaired) electrons. The standard InChI is InChI=1S/C9H12N2S/c1-11(2)8-6-4-3-5-7(8)9(10)12/h3-6H,1-2H3,(H2,10,12). The molecule has 0 aliphatic rings. The van der Waals surface area contributed by atoms with Crippen LogP contribution in [0.5, 0.6) is 0 Å². The van der Waals surface area contributed by atoms with Crippen molar-refractivity contribution in [1.29, 1.82) is 0 Å². The zero-order chi connectivity index (χ0) is 9.14. The van der Waals surface area contributed by atoms with Crippen LogP contribution in [0.1, 0.15) is 5.56 Å². The smallest absolute Gasteiger partial charge is 0.106 e. The second-order valence-electron chi connectivity index (χ2n) is 2.78. The molecule has 0 aromatic heterocycles. The summed E-state index contributed by atoms with van der Waals surface area (Å²) in [5.74, 6) is 0. The summed E-state index contributed by atoms with van der Waals surface area (Å²) in [5.41, 5.74) is 7.55. The van der Waals surface area contributed by atoms with Gasteiger partial charge in [-0.05, 0) is 12.1 Å². The first-order chi connectivity index (χ1) is 5.63. The van der Waals surface area contributed by atoms with E-state index in [1.54, 1.807) is 0 Å². The number of thiocarbonyl (C=S) groups is 1. The van der Waals surface area contributed by atoms with Gasteiger partial charge in [-0.2, -0.15) is 0 Å². The molecule has 0 heterocycles. The number of hydrogen-bond acceptors (Lipinski definition) is 2. The maximum Gasteiger partial charge on any atom is 0.106 e.